The van der Waals surface area contributed by atoms with Gasteiger partial charge >= 0.3 is 0 Å². The molecule has 6 nitrogen and oxygen atoms in total. The Labute approximate surface area is 160 Å². The third-order valence-electron chi connectivity index (χ3n) is 4.60. The molecule has 144 valence electrons. The number of nitrogens with one attached hydrogen (secondary N) is 1. The Morgan fingerprint density at radius 1 is 1.15 bits per heavy atom. The van der Waals surface area contributed by atoms with Crippen molar-refractivity contribution < 1.29 is 14.3 Å². The van der Waals surface area contributed by atoms with E-state index in [1.165, 1.54) is 11.1 Å². The maximum absolute atomic E-state index is 12.1. The molecule has 0 unspecified atom stereocenters. The van der Waals surface area contributed by atoms with E-state index in [-0.39, 0.29) is 12.5 Å². The van der Waals surface area contributed by atoms with E-state index in [1.54, 1.807) is 4.90 Å². The van der Waals surface area contributed by atoms with Gasteiger partial charge in [0.15, 0.2) is 6.61 Å². The van der Waals surface area contributed by atoms with Crippen LogP contribution in [0.25, 0.3) is 0 Å². The highest BCUT2D eigenvalue weighted by Gasteiger charge is 2.17. The molecule has 0 saturated carbocycles. The van der Waals surface area contributed by atoms with Crippen LogP contribution in [0.1, 0.15) is 18.1 Å². The van der Waals surface area contributed by atoms with Crippen LogP contribution in [0.2, 0.25) is 0 Å². The highest BCUT2D eigenvalue weighted by Crippen LogP contribution is 2.13. The van der Waals surface area contributed by atoms with Gasteiger partial charge in [-0.3, -0.25) is 9.78 Å². The van der Waals surface area contributed by atoms with Crippen LogP contribution in [0.3, 0.4) is 0 Å². The van der Waals surface area contributed by atoms with E-state index < -0.39 is 0 Å². The van der Waals surface area contributed by atoms with Crippen LogP contribution in [0, 0.1) is 0 Å². The molecular weight excluding hydrogens is 342 g/mol. The van der Waals surface area contributed by atoms with Crippen molar-refractivity contribution in [3.63, 3.8) is 0 Å². The van der Waals surface area contributed by atoms with Gasteiger partial charge in [-0.1, -0.05) is 12.1 Å². The van der Waals surface area contributed by atoms with Crippen molar-refractivity contribution in [2.45, 2.75) is 25.9 Å². The van der Waals surface area contributed by atoms with Gasteiger partial charge in [0.1, 0.15) is 5.75 Å². The molecule has 1 aromatic heterocycles. The van der Waals surface area contributed by atoms with E-state index in [0.29, 0.717) is 38.1 Å². The van der Waals surface area contributed by atoms with Crippen molar-refractivity contribution in [2.24, 2.45) is 0 Å². The van der Waals surface area contributed by atoms with Gasteiger partial charge in [0, 0.05) is 38.1 Å². The average Bonchev–Trinajstić information content (AvgIpc) is 2.72. The summed E-state index contributed by atoms with van der Waals surface area (Å²) in [5, 5.41) is 3.53. The minimum absolute atomic E-state index is 0.00831. The molecule has 1 fully saturated rings. The number of nitrogens with zero attached hydrogens (tertiary/aromatic N) is 2. The Bertz CT molecular complexity index is 700. The highest BCUT2D eigenvalue weighted by atomic mass is 16.5. The molecule has 1 aliphatic rings. The molecule has 0 aliphatic carbocycles. The van der Waals surface area contributed by atoms with Crippen LogP contribution in [0.5, 0.6) is 5.75 Å². The van der Waals surface area contributed by atoms with Crippen LogP contribution in [0.15, 0.2) is 48.8 Å². The summed E-state index contributed by atoms with van der Waals surface area (Å²) in [7, 11) is 0. The Balaban J connectivity index is 1.39. The quantitative estimate of drug-likeness (QED) is 0.772. The summed E-state index contributed by atoms with van der Waals surface area (Å²) in [4.78, 5) is 17.9. The number of pyridine rings is 1. The second-order valence-electron chi connectivity index (χ2n) is 6.77. The molecule has 6 heteroatoms. The first-order chi connectivity index (χ1) is 13.2. The fourth-order valence-corrected chi connectivity index (χ4v) is 2.99. The number of rotatable bonds is 8. The van der Waals surface area contributed by atoms with Crippen LogP contribution in [-0.2, 0) is 22.5 Å². The van der Waals surface area contributed by atoms with Crippen molar-refractivity contribution in [1.82, 2.24) is 15.2 Å². The van der Waals surface area contributed by atoms with Crippen molar-refractivity contribution in [2.75, 3.05) is 32.9 Å². The number of ether oxygens (including phenoxy) is 2. The van der Waals surface area contributed by atoms with Crippen molar-refractivity contribution in [3.8, 4) is 5.75 Å². The molecule has 2 aromatic rings. The van der Waals surface area contributed by atoms with E-state index in [4.69, 9.17) is 9.47 Å². The fraction of sp³-hybridized carbons (Fsp3) is 0.429. The Morgan fingerprint density at radius 2 is 1.85 bits per heavy atom. The highest BCUT2D eigenvalue weighted by molar-refractivity contribution is 5.77. The number of morpholine rings is 1. The summed E-state index contributed by atoms with van der Waals surface area (Å²) in [5.41, 5.74) is 2.46. The van der Waals surface area contributed by atoms with Gasteiger partial charge in [0.2, 0.25) is 0 Å². The van der Waals surface area contributed by atoms with E-state index >= 15 is 0 Å². The summed E-state index contributed by atoms with van der Waals surface area (Å²) in [5.74, 6) is 0.721. The number of benzene rings is 1. The molecule has 1 aliphatic heterocycles. The van der Waals surface area contributed by atoms with Crippen molar-refractivity contribution >= 4 is 5.91 Å². The minimum Gasteiger partial charge on any atom is -0.484 e. The molecule has 2 heterocycles. The lowest BCUT2D eigenvalue weighted by Gasteiger charge is -2.26. The first kappa shape index (κ1) is 19.3. The third-order valence-corrected chi connectivity index (χ3v) is 4.60. The molecule has 3 rings (SSSR count). The summed E-state index contributed by atoms with van der Waals surface area (Å²) < 4.78 is 10.9. The van der Waals surface area contributed by atoms with Gasteiger partial charge in [0.25, 0.3) is 5.91 Å². The fourth-order valence-electron chi connectivity index (χ4n) is 2.99. The van der Waals surface area contributed by atoms with E-state index in [2.05, 4.69) is 17.2 Å². The second kappa shape index (κ2) is 10.0. The Morgan fingerprint density at radius 3 is 2.56 bits per heavy atom. The Hall–Kier alpha value is -2.44. The van der Waals surface area contributed by atoms with Gasteiger partial charge < -0.3 is 19.7 Å². The van der Waals surface area contributed by atoms with Gasteiger partial charge in [-0.2, -0.15) is 0 Å². The largest absolute Gasteiger partial charge is 0.484 e. The predicted octanol–water partition coefficient (Wildman–Crippen LogP) is 2.04. The average molecular weight is 369 g/mol. The van der Waals surface area contributed by atoms with Crippen molar-refractivity contribution in [1.29, 1.82) is 0 Å². The maximum atomic E-state index is 12.1. The maximum Gasteiger partial charge on any atom is 0.260 e. The lowest BCUT2D eigenvalue weighted by Crippen LogP contribution is -2.42. The molecule has 0 bridgehead atoms. The molecule has 1 saturated heterocycles. The molecule has 1 atom stereocenters. The zero-order valence-corrected chi connectivity index (χ0v) is 15.8. The van der Waals surface area contributed by atoms with Gasteiger partial charge in [-0.05, 0) is 48.7 Å². The molecule has 1 amide bonds. The van der Waals surface area contributed by atoms with Gasteiger partial charge in [0.05, 0.1) is 13.2 Å². The first-order valence-corrected chi connectivity index (χ1v) is 9.40. The lowest BCUT2D eigenvalue weighted by molar-refractivity contribution is -0.137. The summed E-state index contributed by atoms with van der Waals surface area (Å²) in [6, 6.07) is 12.3. The second-order valence-corrected chi connectivity index (χ2v) is 6.77. The third kappa shape index (κ3) is 6.34. The van der Waals surface area contributed by atoms with E-state index in [9.17, 15) is 4.79 Å². The van der Waals surface area contributed by atoms with Crippen LogP contribution >= 0.6 is 0 Å². The molecule has 1 N–H and O–H groups in total. The summed E-state index contributed by atoms with van der Waals surface area (Å²) in [6.07, 6.45) is 4.61. The standard InChI is InChI=1S/C21H27N3O3/c1-17(14-18-6-8-22-9-7-18)23-15-19-2-4-20(5-3-19)27-16-21(25)24-10-12-26-13-11-24/h2-9,17,23H,10-16H2,1H3/t17-/m1/s1. The molecule has 1 aromatic carbocycles. The number of aromatic nitrogens is 1. The topological polar surface area (TPSA) is 63.7 Å². The number of carbonyl (C=O) groups excluding carboxylic acids is 1. The molecule has 27 heavy (non-hydrogen) atoms. The number of amides is 1. The molecule has 0 radical (unpaired) electrons. The van der Waals surface area contributed by atoms with Gasteiger partial charge in [-0.25, -0.2) is 0 Å². The van der Waals surface area contributed by atoms with Crippen LogP contribution < -0.4 is 10.1 Å². The van der Waals surface area contributed by atoms with Crippen molar-refractivity contribution in [3.05, 3.63) is 59.9 Å². The molecule has 0 spiro atoms. The minimum atomic E-state index is 0.00831. The predicted molar refractivity (Wildman–Crippen MR) is 104 cm³/mol. The van der Waals surface area contributed by atoms with E-state index in [0.717, 1.165) is 13.0 Å². The normalized spacial score (nSPS) is 15.4. The van der Waals surface area contributed by atoms with Crippen LogP contribution in [-0.4, -0.2) is 54.7 Å². The zero-order chi connectivity index (χ0) is 18.9. The number of carbonyl (C=O) groups is 1. The van der Waals surface area contributed by atoms with Gasteiger partial charge in [-0.15, -0.1) is 0 Å². The monoisotopic (exact) mass is 369 g/mol. The first-order valence-electron chi connectivity index (χ1n) is 9.40. The lowest BCUT2D eigenvalue weighted by atomic mass is 10.1. The smallest absolute Gasteiger partial charge is 0.260 e. The summed E-state index contributed by atoms with van der Waals surface area (Å²) >= 11 is 0. The SMILES string of the molecule is C[C@H](Cc1ccncc1)NCc1ccc(OCC(=O)N2CCOCC2)cc1. The van der Waals surface area contributed by atoms with Crippen LogP contribution in [0.4, 0.5) is 0 Å². The number of hydrogen-bond donors (Lipinski definition) is 1. The molecular formula is C21H27N3O3. The number of hydrogen-bond acceptors (Lipinski definition) is 5. The Kier molecular flexibility index (Phi) is 7.19. The van der Waals surface area contributed by atoms with E-state index in [1.807, 2.05) is 48.8 Å². The summed E-state index contributed by atoms with van der Waals surface area (Å²) in [6.45, 7) is 5.53. The zero-order valence-electron chi connectivity index (χ0n) is 15.8.